The Hall–Kier alpha value is -3.49. The third kappa shape index (κ3) is 11.9. The van der Waals surface area contributed by atoms with Crippen molar-refractivity contribution in [2.24, 2.45) is 0 Å². The number of nitrogens with zero attached hydrogens (tertiary/aromatic N) is 4. The summed E-state index contributed by atoms with van der Waals surface area (Å²) in [7, 11) is 0. The van der Waals surface area contributed by atoms with Crippen molar-refractivity contribution in [3.8, 4) is 40.8 Å². The van der Waals surface area contributed by atoms with E-state index in [1.54, 1.807) is 0 Å². The van der Waals surface area contributed by atoms with E-state index in [2.05, 4.69) is 28.1 Å². The summed E-state index contributed by atoms with van der Waals surface area (Å²) in [6, 6.07) is 14.0. The lowest BCUT2D eigenvalue weighted by Crippen LogP contribution is -2.15. The molecule has 47 heavy (non-hydrogen) atoms. The molecule has 0 aliphatic heterocycles. The van der Waals surface area contributed by atoms with E-state index in [-0.39, 0.29) is 27.1 Å². The number of halogens is 3. The second kappa shape index (κ2) is 18.7. The van der Waals surface area contributed by atoms with Crippen LogP contribution in [-0.2, 0) is 5.41 Å². The fraction of sp³-hybridized carbons (Fsp3) is 0.382. The highest BCUT2D eigenvalue weighted by atomic mass is 35.5. The van der Waals surface area contributed by atoms with Crippen molar-refractivity contribution in [2.75, 3.05) is 12.4 Å². The number of unbranched alkanes of at least 4 members (excludes halogenated alkanes) is 5. The molecule has 2 aromatic heterocycles. The normalized spacial score (nSPS) is 10.9. The van der Waals surface area contributed by atoms with Gasteiger partial charge in [-0.1, -0.05) is 131 Å². The van der Waals surface area contributed by atoms with Crippen LogP contribution in [0.2, 0.25) is 15.2 Å². The van der Waals surface area contributed by atoms with E-state index in [1.807, 2.05) is 51.1 Å². The van der Waals surface area contributed by atoms with Crippen LogP contribution in [0.15, 0.2) is 57.7 Å². The molecular formula is C34H37Cl3N4O5S. The van der Waals surface area contributed by atoms with Gasteiger partial charge in [-0.05, 0) is 24.2 Å². The molecular weight excluding hydrogens is 683 g/mol. The number of hydrogen-bond acceptors (Lipinski definition) is 9. The first kappa shape index (κ1) is 38.0. The van der Waals surface area contributed by atoms with Gasteiger partial charge in [0.15, 0.2) is 10.9 Å². The Kier molecular flexibility index (Phi) is 15.1. The van der Waals surface area contributed by atoms with Crippen molar-refractivity contribution in [1.29, 1.82) is 0 Å². The van der Waals surface area contributed by atoms with Gasteiger partial charge in [-0.15, -0.1) is 21.7 Å². The molecule has 0 spiro atoms. The molecule has 0 amide bonds. The predicted octanol–water partition coefficient (Wildman–Crippen LogP) is 9.83. The van der Waals surface area contributed by atoms with Gasteiger partial charge in [0, 0.05) is 28.9 Å². The highest BCUT2D eigenvalue weighted by Crippen LogP contribution is 2.33. The average Bonchev–Trinajstić information content (AvgIpc) is 3.43. The minimum absolute atomic E-state index is 0.0434. The molecule has 0 aliphatic carbocycles. The maximum atomic E-state index is 12.1. The van der Waals surface area contributed by atoms with Crippen LogP contribution in [0.5, 0.6) is 11.5 Å². The molecule has 9 nitrogen and oxygen atoms in total. The Bertz CT molecular complexity index is 1720. The lowest BCUT2D eigenvalue weighted by atomic mass is 9.97. The second-order valence-electron chi connectivity index (χ2n) is 11.3. The molecule has 0 saturated carbocycles. The number of ether oxygens (including phenoxy) is 2. The predicted molar refractivity (Wildman–Crippen MR) is 189 cm³/mol. The van der Waals surface area contributed by atoms with E-state index < -0.39 is 11.2 Å². The molecule has 0 saturated heterocycles. The van der Waals surface area contributed by atoms with Crippen LogP contribution in [0.1, 0.15) is 72.1 Å². The molecule has 13 heteroatoms. The largest absolute Gasteiger partial charge is 0.479 e. The van der Waals surface area contributed by atoms with E-state index in [0.29, 0.717) is 28.8 Å². The van der Waals surface area contributed by atoms with Crippen LogP contribution in [0.4, 0.5) is 4.79 Å². The topological polar surface area (TPSA) is 109 Å². The first-order valence-corrected chi connectivity index (χ1v) is 17.2. The standard InChI is InChI=1S/C19H23ClN2O2S.C15H14Cl2N2O3/c1-2-3-4-5-6-10-13-25-19(23)24-16-14-17(20)21-22-18(16)15-11-8-7-9-12-15;1-5-6-21-12-8-11(9(16)7-10(12)17)19-14(20)22-13(18-19)15(2,3)4/h7-9,11-12,14H,2-6,10,13H2,1H3;1,7-8H,6H2,2-4H3. The molecule has 0 unspecified atom stereocenters. The van der Waals surface area contributed by atoms with Crippen molar-refractivity contribution in [1.82, 2.24) is 20.0 Å². The number of aromatic nitrogens is 4. The van der Waals surface area contributed by atoms with Crippen LogP contribution >= 0.6 is 46.6 Å². The van der Waals surface area contributed by atoms with Gasteiger partial charge in [0.2, 0.25) is 5.89 Å². The van der Waals surface area contributed by atoms with Gasteiger partial charge in [-0.3, -0.25) is 0 Å². The van der Waals surface area contributed by atoms with E-state index in [1.165, 1.54) is 55.6 Å². The van der Waals surface area contributed by atoms with E-state index >= 15 is 0 Å². The number of hydrogen-bond donors (Lipinski definition) is 0. The number of carbonyl (C=O) groups excluding carboxylic acids is 1. The summed E-state index contributed by atoms with van der Waals surface area (Å²) >= 11 is 19.3. The Morgan fingerprint density at radius 3 is 2.34 bits per heavy atom. The van der Waals surface area contributed by atoms with Crippen LogP contribution in [0, 0.1) is 12.3 Å². The Labute approximate surface area is 294 Å². The zero-order valence-electron chi connectivity index (χ0n) is 26.7. The maximum absolute atomic E-state index is 12.1. The fourth-order valence-corrected chi connectivity index (χ4v) is 5.35. The monoisotopic (exact) mass is 718 g/mol. The molecule has 0 radical (unpaired) electrons. The molecule has 4 aromatic rings. The van der Waals surface area contributed by atoms with Crippen molar-refractivity contribution >= 4 is 51.9 Å². The van der Waals surface area contributed by atoms with Crippen molar-refractivity contribution < 1.29 is 18.7 Å². The van der Waals surface area contributed by atoms with Gasteiger partial charge in [-0.25, -0.2) is 9.59 Å². The van der Waals surface area contributed by atoms with Crippen LogP contribution < -0.4 is 15.2 Å². The van der Waals surface area contributed by atoms with Gasteiger partial charge in [0.05, 0.1) is 15.7 Å². The minimum Gasteiger partial charge on any atom is -0.479 e. The molecule has 0 fully saturated rings. The molecule has 2 aromatic carbocycles. The minimum atomic E-state index is -0.642. The highest BCUT2D eigenvalue weighted by molar-refractivity contribution is 8.13. The quantitative estimate of drug-likeness (QED) is 0.0803. The first-order chi connectivity index (χ1) is 22.4. The molecule has 4 rings (SSSR count). The maximum Gasteiger partial charge on any atom is 0.442 e. The SMILES string of the molecule is C#CCOc1cc(-n2nc(C(C)(C)C)oc2=O)c(Cl)cc1Cl.CCCCCCCCSC(=O)Oc1cc(Cl)nnc1-c1ccccc1. The van der Waals surface area contributed by atoms with Gasteiger partial charge in [0.25, 0.3) is 0 Å². The van der Waals surface area contributed by atoms with Crippen molar-refractivity contribution in [3.63, 3.8) is 0 Å². The summed E-state index contributed by atoms with van der Waals surface area (Å²) < 4.78 is 17.0. The van der Waals surface area contributed by atoms with Crippen molar-refractivity contribution in [2.45, 2.75) is 71.6 Å². The number of thioether (sulfide) groups is 1. The number of terminal acetylenes is 1. The second-order valence-corrected chi connectivity index (χ2v) is 13.5. The smallest absolute Gasteiger partial charge is 0.442 e. The summed E-state index contributed by atoms with van der Waals surface area (Å²) in [5, 5.41) is 12.5. The van der Waals surface area contributed by atoms with Crippen molar-refractivity contribution in [3.05, 3.63) is 80.2 Å². The molecule has 0 aliphatic rings. The average molecular weight is 720 g/mol. The number of carbonyl (C=O) groups is 1. The van der Waals surface area contributed by atoms with E-state index in [9.17, 15) is 9.59 Å². The zero-order valence-corrected chi connectivity index (χ0v) is 29.8. The third-order valence-electron chi connectivity index (χ3n) is 6.42. The molecule has 250 valence electrons. The van der Waals surface area contributed by atoms with Crippen LogP contribution in [0.3, 0.4) is 0 Å². The first-order valence-electron chi connectivity index (χ1n) is 15.0. The fourth-order valence-electron chi connectivity index (χ4n) is 4.03. The van der Waals surface area contributed by atoms with E-state index in [0.717, 1.165) is 28.8 Å². The Balaban J connectivity index is 0.000000257. The highest BCUT2D eigenvalue weighted by Gasteiger charge is 2.24. The summed E-state index contributed by atoms with van der Waals surface area (Å²) in [5.74, 6) is 3.41. The molecule has 0 atom stereocenters. The Morgan fingerprint density at radius 2 is 1.68 bits per heavy atom. The summed E-state index contributed by atoms with van der Waals surface area (Å²) in [4.78, 5) is 24.1. The molecule has 2 heterocycles. The van der Waals surface area contributed by atoms with Gasteiger partial charge < -0.3 is 13.9 Å². The summed E-state index contributed by atoms with van der Waals surface area (Å²) in [6.45, 7) is 7.89. The van der Waals surface area contributed by atoms with Gasteiger partial charge >= 0.3 is 11.1 Å². The third-order valence-corrected chi connectivity index (χ3v) is 8.01. The van der Waals surface area contributed by atoms with E-state index in [4.69, 9.17) is 55.1 Å². The Morgan fingerprint density at radius 1 is 0.979 bits per heavy atom. The molecule has 0 N–H and O–H groups in total. The lowest BCUT2D eigenvalue weighted by molar-refractivity contribution is 0.227. The summed E-state index contributed by atoms with van der Waals surface area (Å²) in [6.07, 6.45) is 12.4. The van der Waals surface area contributed by atoms with Crippen LogP contribution in [0.25, 0.3) is 16.9 Å². The molecule has 0 bridgehead atoms. The number of rotatable bonds is 12. The lowest BCUT2D eigenvalue weighted by Gasteiger charge is -2.11. The zero-order chi connectivity index (χ0) is 34.4. The van der Waals surface area contributed by atoms with Gasteiger partial charge in [0.1, 0.15) is 18.1 Å². The number of benzene rings is 2. The summed E-state index contributed by atoms with van der Waals surface area (Å²) in [5.41, 5.74) is 1.24. The van der Waals surface area contributed by atoms with Gasteiger partial charge in [-0.2, -0.15) is 4.68 Å². The van der Waals surface area contributed by atoms with Crippen LogP contribution in [-0.4, -0.2) is 37.6 Å².